The SMILES string of the molecule is Nc1ccc2[nH]cc(S(=O)(=O)NC3CC=CCC3)c2c1. The van der Waals surface area contributed by atoms with Crippen molar-refractivity contribution in [2.75, 3.05) is 5.73 Å². The van der Waals surface area contributed by atoms with E-state index in [4.69, 9.17) is 5.73 Å². The highest BCUT2D eigenvalue weighted by molar-refractivity contribution is 7.89. The fourth-order valence-electron chi connectivity index (χ4n) is 2.52. The van der Waals surface area contributed by atoms with Gasteiger partial charge in [0.1, 0.15) is 4.90 Å². The molecule has 20 heavy (non-hydrogen) atoms. The average molecular weight is 291 g/mol. The van der Waals surface area contributed by atoms with Crippen molar-refractivity contribution in [3.05, 3.63) is 36.5 Å². The molecule has 1 aliphatic carbocycles. The quantitative estimate of drug-likeness (QED) is 0.598. The number of fused-ring (bicyclic) bond motifs is 1. The molecule has 5 nitrogen and oxygen atoms in total. The van der Waals surface area contributed by atoms with E-state index in [9.17, 15) is 8.42 Å². The van der Waals surface area contributed by atoms with Gasteiger partial charge in [-0.15, -0.1) is 0 Å². The van der Waals surface area contributed by atoms with Crippen LogP contribution in [0.5, 0.6) is 0 Å². The van der Waals surface area contributed by atoms with Gasteiger partial charge in [-0.05, 0) is 37.5 Å². The molecule has 3 rings (SSSR count). The van der Waals surface area contributed by atoms with Gasteiger partial charge in [0, 0.05) is 28.8 Å². The molecule has 0 saturated carbocycles. The predicted octanol–water partition coefficient (Wildman–Crippen LogP) is 2.14. The van der Waals surface area contributed by atoms with E-state index in [1.165, 1.54) is 6.20 Å². The number of sulfonamides is 1. The van der Waals surface area contributed by atoms with Gasteiger partial charge < -0.3 is 10.7 Å². The van der Waals surface area contributed by atoms with Crippen LogP contribution >= 0.6 is 0 Å². The smallest absolute Gasteiger partial charge is 0.242 e. The minimum absolute atomic E-state index is 0.0315. The molecule has 0 spiro atoms. The van der Waals surface area contributed by atoms with Crippen molar-refractivity contribution in [3.8, 4) is 0 Å². The maximum absolute atomic E-state index is 12.5. The lowest BCUT2D eigenvalue weighted by molar-refractivity contribution is 0.523. The summed E-state index contributed by atoms with van der Waals surface area (Å²) in [5.74, 6) is 0. The van der Waals surface area contributed by atoms with Crippen LogP contribution in [-0.2, 0) is 10.0 Å². The highest BCUT2D eigenvalue weighted by Gasteiger charge is 2.23. The summed E-state index contributed by atoms with van der Waals surface area (Å²) in [6.07, 6.45) is 8.10. The number of hydrogen-bond donors (Lipinski definition) is 3. The molecule has 1 atom stereocenters. The molecule has 1 aliphatic rings. The molecule has 0 saturated heterocycles. The Hall–Kier alpha value is -1.79. The number of aromatic nitrogens is 1. The molecule has 0 aliphatic heterocycles. The number of benzene rings is 1. The van der Waals surface area contributed by atoms with Gasteiger partial charge in [-0.2, -0.15) is 0 Å². The summed E-state index contributed by atoms with van der Waals surface area (Å²) in [6.45, 7) is 0. The van der Waals surface area contributed by atoms with E-state index in [-0.39, 0.29) is 10.9 Å². The summed E-state index contributed by atoms with van der Waals surface area (Å²) in [7, 11) is -3.53. The van der Waals surface area contributed by atoms with E-state index in [1.54, 1.807) is 18.2 Å². The second kappa shape index (κ2) is 4.96. The topological polar surface area (TPSA) is 88.0 Å². The molecule has 0 fully saturated rings. The second-order valence-corrected chi connectivity index (χ2v) is 6.74. The number of nitrogens with one attached hydrogen (secondary N) is 2. The Morgan fingerprint density at radius 2 is 2.15 bits per heavy atom. The molecule has 106 valence electrons. The lowest BCUT2D eigenvalue weighted by Crippen LogP contribution is -2.35. The molecular weight excluding hydrogens is 274 g/mol. The van der Waals surface area contributed by atoms with Crippen LogP contribution in [0.3, 0.4) is 0 Å². The minimum Gasteiger partial charge on any atom is -0.399 e. The summed E-state index contributed by atoms with van der Waals surface area (Å²) in [5.41, 5.74) is 7.06. The van der Waals surface area contributed by atoms with Crippen molar-refractivity contribution in [3.63, 3.8) is 0 Å². The normalized spacial score (nSPS) is 19.5. The Morgan fingerprint density at radius 3 is 2.90 bits per heavy atom. The van der Waals surface area contributed by atoms with Crippen LogP contribution in [0.4, 0.5) is 5.69 Å². The van der Waals surface area contributed by atoms with Crippen molar-refractivity contribution in [2.45, 2.75) is 30.2 Å². The summed E-state index contributed by atoms with van der Waals surface area (Å²) >= 11 is 0. The monoisotopic (exact) mass is 291 g/mol. The Bertz CT molecular complexity index is 762. The molecule has 0 radical (unpaired) electrons. The maximum atomic E-state index is 12.5. The van der Waals surface area contributed by atoms with Gasteiger partial charge >= 0.3 is 0 Å². The molecular formula is C14H17N3O2S. The minimum atomic E-state index is -3.53. The predicted molar refractivity (Wildman–Crippen MR) is 79.8 cm³/mol. The number of allylic oxidation sites excluding steroid dienone is 1. The second-order valence-electron chi connectivity index (χ2n) is 5.06. The van der Waals surface area contributed by atoms with Crippen molar-refractivity contribution in [1.29, 1.82) is 0 Å². The highest BCUT2D eigenvalue weighted by atomic mass is 32.2. The van der Waals surface area contributed by atoms with Gasteiger partial charge in [-0.3, -0.25) is 0 Å². The number of nitrogen functional groups attached to an aromatic ring is 1. The van der Waals surface area contributed by atoms with Crippen molar-refractivity contribution >= 4 is 26.6 Å². The van der Waals surface area contributed by atoms with Gasteiger partial charge in [0.2, 0.25) is 10.0 Å². The van der Waals surface area contributed by atoms with E-state index in [2.05, 4.69) is 15.8 Å². The Balaban J connectivity index is 1.96. The number of H-pyrrole nitrogens is 1. The maximum Gasteiger partial charge on any atom is 0.242 e. The first-order chi connectivity index (χ1) is 9.56. The van der Waals surface area contributed by atoms with Crippen LogP contribution in [0.25, 0.3) is 10.9 Å². The number of hydrogen-bond acceptors (Lipinski definition) is 3. The fraction of sp³-hybridized carbons (Fsp3) is 0.286. The zero-order valence-electron chi connectivity index (χ0n) is 11.0. The van der Waals surface area contributed by atoms with E-state index < -0.39 is 10.0 Å². The summed E-state index contributed by atoms with van der Waals surface area (Å²) in [6, 6.07) is 5.18. The third kappa shape index (κ3) is 2.44. The van der Waals surface area contributed by atoms with Gasteiger partial charge in [0.05, 0.1) is 0 Å². The van der Waals surface area contributed by atoms with Crippen LogP contribution < -0.4 is 10.5 Å². The highest BCUT2D eigenvalue weighted by Crippen LogP contribution is 2.25. The standard InChI is InChI=1S/C14H17N3O2S/c15-10-6-7-13-12(8-10)14(9-16-13)20(18,19)17-11-4-2-1-3-5-11/h1-2,6-9,11,16-17H,3-5,15H2. The van der Waals surface area contributed by atoms with E-state index >= 15 is 0 Å². The van der Waals surface area contributed by atoms with Gasteiger partial charge in [-0.25, -0.2) is 13.1 Å². The molecule has 1 aromatic carbocycles. The van der Waals surface area contributed by atoms with E-state index in [0.29, 0.717) is 11.1 Å². The lowest BCUT2D eigenvalue weighted by Gasteiger charge is -2.19. The molecule has 4 N–H and O–H groups in total. The molecule has 0 bridgehead atoms. The summed E-state index contributed by atoms with van der Waals surface area (Å²) in [4.78, 5) is 3.23. The van der Waals surface area contributed by atoms with Crippen LogP contribution in [0, 0.1) is 0 Å². The average Bonchev–Trinajstić information content (AvgIpc) is 2.83. The summed E-state index contributed by atoms with van der Waals surface area (Å²) in [5, 5.41) is 0.629. The number of anilines is 1. The van der Waals surface area contributed by atoms with Crippen LogP contribution in [0.15, 0.2) is 41.4 Å². The van der Waals surface area contributed by atoms with Gasteiger partial charge in [0.15, 0.2) is 0 Å². The van der Waals surface area contributed by atoms with Crippen molar-refractivity contribution in [1.82, 2.24) is 9.71 Å². The third-order valence-electron chi connectivity index (χ3n) is 3.55. The Morgan fingerprint density at radius 1 is 1.30 bits per heavy atom. The van der Waals surface area contributed by atoms with Crippen LogP contribution in [0.1, 0.15) is 19.3 Å². The van der Waals surface area contributed by atoms with Crippen LogP contribution in [0.2, 0.25) is 0 Å². The molecule has 1 heterocycles. The van der Waals surface area contributed by atoms with Crippen molar-refractivity contribution in [2.24, 2.45) is 0 Å². The van der Waals surface area contributed by atoms with Crippen LogP contribution in [-0.4, -0.2) is 19.4 Å². The third-order valence-corrected chi connectivity index (χ3v) is 5.11. The Labute approximate surface area is 117 Å². The Kier molecular flexibility index (Phi) is 3.27. The zero-order valence-corrected chi connectivity index (χ0v) is 11.8. The number of aromatic amines is 1. The van der Waals surface area contributed by atoms with Gasteiger partial charge in [-0.1, -0.05) is 12.2 Å². The fourth-order valence-corrected chi connectivity index (χ4v) is 3.97. The first-order valence-corrected chi connectivity index (χ1v) is 8.08. The number of rotatable bonds is 3. The van der Waals surface area contributed by atoms with Crippen molar-refractivity contribution < 1.29 is 8.42 Å². The molecule has 1 unspecified atom stereocenters. The summed E-state index contributed by atoms with van der Waals surface area (Å²) < 4.78 is 27.8. The molecule has 6 heteroatoms. The molecule has 1 aromatic heterocycles. The molecule has 0 amide bonds. The largest absolute Gasteiger partial charge is 0.399 e. The van der Waals surface area contributed by atoms with Gasteiger partial charge in [0.25, 0.3) is 0 Å². The zero-order chi connectivity index (χ0) is 14.2. The molecule has 2 aromatic rings. The first kappa shape index (κ1) is 13.2. The van der Waals surface area contributed by atoms with E-state index in [1.807, 2.05) is 6.08 Å². The first-order valence-electron chi connectivity index (χ1n) is 6.60. The van der Waals surface area contributed by atoms with E-state index in [0.717, 1.165) is 24.8 Å². The lowest BCUT2D eigenvalue weighted by atomic mass is 10.0. The number of nitrogens with two attached hydrogens (primary N) is 1.